The number of hydrogen-bond donors (Lipinski definition) is 3. The molecule has 1 amide bonds. The maximum Gasteiger partial charge on any atom is 0.308 e. The number of rotatable bonds is 11. The fourth-order valence-corrected chi connectivity index (χ4v) is 6.03. The number of nitrogens with zero attached hydrogens (tertiary/aromatic N) is 2. The quantitative estimate of drug-likeness (QED) is 0.152. The zero-order valence-electron chi connectivity index (χ0n) is 24.9. The van der Waals surface area contributed by atoms with E-state index >= 15 is 0 Å². The fourth-order valence-electron chi connectivity index (χ4n) is 5.82. The normalized spacial score (nSPS) is 20.0. The third kappa shape index (κ3) is 8.45. The Bertz CT molecular complexity index is 1410. The number of amides is 1. The smallest absolute Gasteiger partial charge is 0.308 e. The van der Waals surface area contributed by atoms with Crippen molar-refractivity contribution in [2.75, 3.05) is 35.7 Å². The summed E-state index contributed by atoms with van der Waals surface area (Å²) in [6, 6.07) is 12.3. The number of aromatic nitrogens is 2. The molecule has 1 aliphatic carbocycles. The lowest BCUT2D eigenvalue weighted by atomic mass is 9.92. The van der Waals surface area contributed by atoms with E-state index in [0.29, 0.717) is 37.4 Å². The van der Waals surface area contributed by atoms with E-state index < -0.39 is 11.7 Å². The second-order valence-corrected chi connectivity index (χ2v) is 11.8. The average Bonchev–Trinajstić information content (AvgIpc) is 3.43. The summed E-state index contributed by atoms with van der Waals surface area (Å²) in [5, 5.41) is 9.08. The molecule has 1 saturated heterocycles. The number of esters is 1. The van der Waals surface area contributed by atoms with Crippen molar-refractivity contribution >= 4 is 46.6 Å². The van der Waals surface area contributed by atoms with Crippen molar-refractivity contribution in [3.8, 4) is 0 Å². The molecule has 44 heavy (non-hydrogen) atoms. The number of halogens is 2. The van der Waals surface area contributed by atoms with Crippen LogP contribution in [0.3, 0.4) is 0 Å². The Balaban J connectivity index is 1.24. The predicted molar refractivity (Wildman–Crippen MR) is 169 cm³/mol. The van der Waals surface area contributed by atoms with Gasteiger partial charge < -0.3 is 25.4 Å². The van der Waals surface area contributed by atoms with Crippen LogP contribution < -0.4 is 16.0 Å². The van der Waals surface area contributed by atoms with Gasteiger partial charge in [-0.05, 0) is 81.2 Å². The molecule has 1 saturated carbocycles. The molecule has 11 heteroatoms. The minimum atomic E-state index is -0.637. The molecule has 9 nitrogen and oxygen atoms in total. The molecule has 5 rings (SSSR count). The van der Waals surface area contributed by atoms with Gasteiger partial charge >= 0.3 is 5.97 Å². The summed E-state index contributed by atoms with van der Waals surface area (Å²) >= 11 is 6.12. The molecule has 2 aromatic carbocycles. The lowest BCUT2D eigenvalue weighted by Gasteiger charge is -2.16. The number of anilines is 4. The Morgan fingerprint density at radius 3 is 2.66 bits per heavy atom. The van der Waals surface area contributed by atoms with Gasteiger partial charge in [-0.15, -0.1) is 0 Å². The highest BCUT2D eigenvalue weighted by molar-refractivity contribution is 6.34. The van der Waals surface area contributed by atoms with E-state index in [-0.39, 0.29) is 34.3 Å². The van der Waals surface area contributed by atoms with Crippen LogP contribution in [-0.4, -0.2) is 47.7 Å². The van der Waals surface area contributed by atoms with E-state index in [1.54, 1.807) is 0 Å². The second-order valence-electron chi connectivity index (χ2n) is 11.4. The molecule has 1 aliphatic heterocycles. The van der Waals surface area contributed by atoms with Crippen LogP contribution in [-0.2, 0) is 20.7 Å². The lowest BCUT2D eigenvalue weighted by molar-refractivity contribution is -0.148. The van der Waals surface area contributed by atoms with Crippen molar-refractivity contribution in [1.29, 1.82) is 0 Å². The van der Waals surface area contributed by atoms with Gasteiger partial charge in [0.2, 0.25) is 5.95 Å². The largest absolute Gasteiger partial charge is 0.466 e. The molecule has 3 aromatic rings. The Morgan fingerprint density at radius 2 is 1.91 bits per heavy atom. The molecule has 2 aliphatic rings. The maximum absolute atomic E-state index is 14.3. The van der Waals surface area contributed by atoms with Crippen LogP contribution in [0.2, 0.25) is 5.02 Å². The summed E-state index contributed by atoms with van der Waals surface area (Å²) < 4.78 is 25.3. The Kier molecular flexibility index (Phi) is 11.0. The molecular weight excluding hydrogens is 585 g/mol. The van der Waals surface area contributed by atoms with Crippen LogP contribution in [0.15, 0.2) is 48.7 Å². The monoisotopic (exact) mass is 623 g/mol. The number of carbonyl (C=O) groups is 2. The van der Waals surface area contributed by atoms with E-state index in [2.05, 4.69) is 38.1 Å². The summed E-state index contributed by atoms with van der Waals surface area (Å²) in [5.74, 6) is -0.120. The molecule has 1 aromatic heterocycles. The molecule has 3 unspecified atom stereocenters. The van der Waals surface area contributed by atoms with Crippen LogP contribution in [0, 0.1) is 17.7 Å². The highest BCUT2D eigenvalue weighted by Gasteiger charge is 2.25. The Labute approximate surface area is 262 Å². The summed E-state index contributed by atoms with van der Waals surface area (Å²) in [6.07, 6.45) is 9.20. The Hall–Kier alpha value is -3.76. The van der Waals surface area contributed by atoms with Gasteiger partial charge in [0.05, 0.1) is 29.3 Å². The number of para-hydroxylation sites is 1. The average molecular weight is 624 g/mol. The van der Waals surface area contributed by atoms with E-state index in [4.69, 9.17) is 21.1 Å². The minimum absolute atomic E-state index is 0.00958. The zero-order chi connectivity index (χ0) is 30.9. The van der Waals surface area contributed by atoms with Crippen molar-refractivity contribution in [3.05, 3.63) is 70.6 Å². The summed E-state index contributed by atoms with van der Waals surface area (Å²) in [6.45, 7) is 3.45. The predicted octanol–water partition coefficient (Wildman–Crippen LogP) is 7.16. The highest BCUT2D eigenvalue weighted by atomic mass is 35.5. The number of hydrogen-bond acceptors (Lipinski definition) is 8. The number of nitrogens with one attached hydrogen (secondary N) is 3. The zero-order valence-corrected chi connectivity index (χ0v) is 25.7. The van der Waals surface area contributed by atoms with Gasteiger partial charge in [-0.25, -0.2) is 9.37 Å². The van der Waals surface area contributed by atoms with Crippen molar-refractivity contribution in [1.82, 2.24) is 9.97 Å². The molecule has 2 fully saturated rings. The van der Waals surface area contributed by atoms with Crippen molar-refractivity contribution < 1.29 is 23.5 Å². The lowest BCUT2D eigenvalue weighted by Crippen LogP contribution is -2.23. The highest BCUT2D eigenvalue weighted by Crippen LogP contribution is 2.31. The van der Waals surface area contributed by atoms with Crippen LogP contribution in [0.25, 0.3) is 0 Å². The molecule has 0 spiro atoms. The van der Waals surface area contributed by atoms with Gasteiger partial charge in [-0.3, -0.25) is 9.59 Å². The van der Waals surface area contributed by atoms with Crippen molar-refractivity contribution in [3.63, 3.8) is 0 Å². The standard InChI is InChI=1S/C33H39ClFN5O4/c1-2-43-32(42)23-7-3-6-21(11-14-23)18-22-12-15-24(16-13-22)38-33-37-20-26(30(40-33)36-19-25-8-5-17-44-25)31(41)39-29-27(34)9-4-10-28(29)35/h4,9-10,12-13,15-16,20-21,23,25H,2-3,5-8,11,14,17-19H2,1H3,(H,39,41)(H2,36,37,38,40). The summed E-state index contributed by atoms with van der Waals surface area (Å²) in [7, 11) is 0. The van der Waals surface area contributed by atoms with Crippen LogP contribution in [0.5, 0.6) is 0 Å². The van der Waals surface area contributed by atoms with Gasteiger partial charge in [0.1, 0.15) is 17.2 Å². The van der Waals surface area contributed by atoms with Gasteiger partial charge in [0, 0.05) is 25.0 Å². The molecule has 3 atom stereocenters. The van der Waals surface area contributed by atoms with E-state index in [9.17, 15) is 14.0 Å². The van der Waals surface area contributed by atoms with E-state index in [0.717, 1.165) is 57.1 Å². The second kappa shape index (κ2) is 15.3. The SMILES string of the molecule is CCOC(=O)C1CCCC(Cc2ccc(Nc3ncc(C(=O)Nc4c(F)cccc4Cl)c(NCC4CCCO4)n3)cc2)CC1. The molecule has 3 N–H and O–H groups in total. The topological polar surface area (TPSA) is 114 Å². The third-order valence-corrected chi connectivity index (χ3v) is 8.51. The molecular formula is C33H39ClFN5O4. The van der Waals surface area contributed by atoms with E-state index in [1.807, 2.05) is 19.1 Å². The minimum Gasteiger partial charge on any atom is -0.466 e. The summed E-state index contributed by atoms with van der Waals surface area (Å²) in [4.78, 5) is 34.3. The fraction of sp³-hybridized carbons (Fsp3) is 0.455. The number of ether oxygens (including phenoxy) is 2. The van der Waals surface area contributed by atoms with Crippen LogP contribution in [0.1, 0.15) is 67.8 Å². The number of benzene rings is 2. The third-order valence-electron chi connectivity index (χ3n) is 8.20. The van der Waals surface area contributed by atoms with Crippen molar-refractivity contribution in [2.45, 2.75) is 64.4 Å². The molecule has 0 bridgehead atoms. The molecule has 234 valence electrons. The molecule has 0 radical (unpaired) electrons. The first kappa shape index (κ1) is 31.7. The van der Waals surface area contributed by atoms with E-state index in [1.165, 1.54) is 30.0 Å². The first-order valence-electron chi connectivity index (χ1n) is 15.4. The van der Waals surface area contributed by atoms with Crippen molar-refractivity contribution in [2.24, 2.45) is 11.8 Å². The Morgan fingerprint density at radius 1 is 1.07 bits per heavy atom. The first-order chi connectivity index (χ1) is 21.4. The van der Waals surface area contributed by atoms with Gasteiger partial charge in [0.15, 0.2) is 0 Å². The van der Waals surface area contributed by atoms with Gasteiger partial charge in [-0.2, -0.15) is 4.98 Å². The number of carbonyl (C=O) groups excluding carboxylic acids is 2. The van der Waals surface area contributed by atoms with Gasteiger partial charge in [0.25, 0.3) is 5.91 Å². The first-order valence-corrected chi connectivity index (χ1v) is 15.8. The van der Waals surface area contributed by atoms with Gasteiger partial charge in [-0.1, -0.05) is 42.6 Å². The maximum atomic E-state index is 14.3. The molecule has 2 heterocycles. The van der Waals surface area contributed by atoms with Crippen LogP contribution >= 0.6 is 11.6 Å². The summed E-state index contributed by atoms with van der Waals surface area (Å²) in [5.41, 5.74) is 2.08. The van der Waals surface area contributed by atoms with Crippen LogP contribution in [0.4, 0.5) is 27.5 Å².